The molecular weight excluding hydrogens is 204 g/mol. The molecule has 0 unspecified atom stereocenters. The molecule has 0 aliphatic heterocycles. The minimum atomic E-state index is -0.121. The molecule has 1 rings (SSSR count). The standard InChI is InChI=1S/C13H16O3/c1-10-4-3-5-11(8-10)13(15)9-12(14)6-7-16-2/h3-5,8H,6-7,9H2,1-2H3. The van der Waals surface area contributed by atoms with Gasteiger partial charge in [-0.2, -0.15) is 0 Å². The highest BCUT2D eigenvalue weighted by Crippen LogP contribution is 2.07. The number of carbonyl (C=O) groups is 2. The molecule has 3 nitrogen and oxygen atoms in total. The van der Waals surface area contributed by atoms with Gasteiger partial charge in [0.05, 0.1) is 13.0 Å². The fourth-order valence-electron chi connectivity index (χ4n) is 1.40. The number of ketones is 2. The molecule has 86 valence electrons. The van der Waals surface area contributed by atoms with Crippen LogP contribution in [0.5, 0.6) is 0 Å². The highest BCUT2D eigenvalue weighted by Gasteiger charge is 2.11. The largest absolute Gasteiger partial charge is 0.384 e. The summed E-state index contributed by atoms with van der Waals surface area (Å²) >= 11 is 0. The van der Waals surface area contributed by atoms with Crippen LogP contribution in [0.25, 0.3) is 0 Å². The highest BCUT2D eigenvalue weighted by molar-refractivity contribution is 6.08. The van der Waals surface area contributed by atoms with E-state index in [1.165, 1.54) is 7.11 Å². The Balaban J connectivity index is 2.55. The van der Waals surface area contributed by atoms with Gasteiger partial charge in [0.25, 0.3) is 0 Å². The summed E-state index contributed by atoms with van der Waals surface area (Å²) < 4.78 is 4.79. The van der Waals surface area contributed by atoms with E-state index in [1.54, 1.807) is 12.1 Å². The summed E-state index contributed by atoms with van der Waals surface area (Å²) in [7, 11) is 1.54. The van der Waals surface area contributed by atoms with Crippen LogP contribution in [0.2, 0.25) is 0 Å². The van der Waals surface area contributed by atoms with E-state index in [0.29, 0.717) is 18.6 Å². The zero-order chi connectivity index (χ0) is 12.0. The van der Waals surface area contributed by atoms with Gasteiger partial charge in [-0.15, -0.1) is 0 Å². The minimum Gasteiger partial charge on any atom is -0.384 e. The summed E-state index contributed by atoms with van der Waals surface area (Å²) in [6.45, 7) is 2.30. The fraction of sp³-hybridized carbons (Fsp3) is 0.385. The van der Waals surface area contributed by atoms with Gasteiger partial charge in [0.15, 0.2) is 5.78 Å². The van der Waals surface area contributed by atoms with Crippen molar-refractivity contribution in [3.63, 3.8) is 0 Å². The normalized spacial score (nSPS) is 10.1. The maximum atomic E-state index is 11.7. The number of hydrogen-bond donors (Lipinski definition) is 0. The van der Waals surface area contributed by atoms with Crippen molar-refractivity contribution in [3.8, 4) is 0 Å². The Kier molecular flexibility index (Phi) is 4.86. The molecule has 3 heteroatoms. The van der Waals surface area contributed by atoms with Crippen LogP contribution in [0.1, 0.15) is 28.8 Å². The molecule has 1 aromatic carbocycles. The summed E-state index contributed by atoms with van der Waals surface area (Å²) in [5.41, 5.74) is 1.63. The Bertz CT molecular complexity index is 383. The smallest absolute Gasteiger partial charge is 0.170 e. The molecule has 0 aromatic heterocycles. The number of carbonyl (C=O) groups excluding carboxylic acids is 2. The number of methoxy groups -OCH3 is 1. The first-order chi connectivity index (χ1) is 7.63. The van der Waals surface area contributed by atoms with Gasteiger partial charge in [0, 0.05) is 19.1 Å². The predicted molar refractivity (Wildman–Crippen MR) is 61.6 cm³/mol. The summed E-state index contributed by atoms with van der Waals surface area (Å²) in [6, 6.07) is 7.27. The molecule has 1 aromatic rings. The lowest BCUT2D eigenvalue weighted by atomic mass is 10.0. The van der Waals surface area contributed by atoms with Crippen molar-refractivity contribution < 1.29 is 14.3 Å². The van der Waals surface area contributed by atoms with Gasteiger partial charge in [-0.3, -0.25) is 9.59 Å². The van der Waals surface area contributed by atoms with Crippen molar-refractivity contribution in [2.45, 2.75) is 19.8 Å². The molecule has 0 spiro atoms. The van der Waals surface area contributed by atoms with Crippen LogP contribution >= 0.6 is 0 Å². The third-order valence-electron chi connectivity index (χ3n) is 2.28. The third-order valence-corrected chi connectivity index (χ3v) is 2.28. The van der Waals surface area contributed by atoms with Crippen LogP contribution in [0.4, 0.5) is 0 Å². The van der Waals surface area contributed by atoms with E-state index in [-0.39, 0.29) is 18.0 Å². The lowest BCUT2D eigenvalue weighted by Crippen LogP contribution is -2.10. The van der Waals surface area contributed by atoms with Gasteiger partial charge in [-0.05, 0) is 13.0 Å². The average molecular weight is 220 g/mol. The minimum absolute atomic E-state index is 0.0349. The Hall–Kier alpha value is -1.48. The van der Waals surface area contributed by atoms with Gasteiger partial charge in [0.1, 0.15) is 5.78 Å². The first-order valence-corrected chi connectivity index (χ1v) is 5.24. The second-order valence-electron chi connectivity index (χ2n) is 3.75. The van der Waals surface area contributed by atoms with E-state index in [1.807, 2.05) is 19.1 Å². The van der Waals surface area contributed by atoms with Crippen molar-refractivity contribution in [1.29, 1.82) is 0 Å². The molecule has 0 bridgehead atoms. The van der Waals surface area contributed by atoms with Gasteiger partial charge in [0.2, 0.25) is 0 Å². The molecule has 0 aliphatic carbocycles. The summed E-state index contributed by atoms with van der Waals surface area (Å²) in [5.74, 6) is -0.196. The fourth-order valence-corrected chi connectivity index (χ4v) is 1.40. The first-order valence-electron chi connectivity index (χ1n) is 5.24. The molecular formula is C13H16O3. The van der Waals surface area contributed by atoms with Crippen LogP contribution in [-0.2, 0) is 9.53 Å². The molecule has 0 aliphatic rings. The molecule has 0 radical (unpaired) electrons. The van der Waals surface area contributed by atoms with Gasteiger partial charge >= 0.3 is 0 Å². The van der Waals surface area contributed by atoms with Gasteiger partial charge in [-0.1, -0.05) is 23.8 Å². The second kappa shape index (κ2) is 6.18. The highest BCUT2D eigenvalue weighted by atomic mass is 16.5. The van der Waals surface area contributed by atoms with E-state index in [9.17, 15) is 9.59 Å². The van der Waals surface area contributed by atoms with Crippen LogP contribution in [-0.4, -0.2) is 25.3 Å². The number of Topliss-reactive ketones (excluding diaryl/α,β-unsaturated/α-hetero) is 2. The number of rotatable bonds is 6. The van der Waals surface area contributed by atoms with Crippen molar-refractivity contribution in [3.05, 3.63) is 35.4 Å². The Labute approximate surface area is 95.4 Å². The maximum Gasteiger partial charge on any atom is 0.170 e. The SMILES string of the molecule is COCCC(=O)CC(=O)c1cccc(C)c1. The summed E-state index contributed by atoms with van der Waals surface area (Å²) in [5, 5.41) is 0. The Morgan fingerprint density at radius 3 is 2.69 bits per heavy atom. The maximum absolute atomic E-state index is 11.7. The average Bonchev–Trinajstić information content (AvgIpc) is 2.26. The van der Waals surface area contributed by atoms with Crippen LogP contribution < -0.4 is 0 Å². The van der Waals surface area contributed by atoms with Crippen molar-refractivity contribution in [2.75, 3.05) is 13.7 Å². The van der Waals surface area contributed by atoms with Crippen molar-refractivity contribution in [2.24, 2.45) is 0 Å². The molecule has 0 saturated carbocycles. The number of hydrogen-bond acceptors (Lipinski definition) is 3. The van der Waals surface area contributed by atoms with E-state index in [4.69, 9.17) is 4.74 Å². The second-order valence-corrected chi connectivity index (χ2v) is 3.75. The summed E-state index contributed by atoms with van der Waals surface area (Å²) in [4.78, 5) is 23.1. The molecule has 0 fully saturated rings. The quantitative estimate of drug-likeness (QED) is 0.545. The molecule has 0 amide bonds. The van der Waals surface area contributed by atoms with E-state index >= 15 is 0 Å². The zero-order valence-electron chi connectivity index (χ0n) is 9.66. The van der Waals surface area contributed by atoms with Crippen LogP contribution in [0, 0.1) is 6.92 Å². The lowest BCUT2D eigenvalue weighted by molar-refractivity contribution is -0.119. The molecule has 0 saturated heterocycles. The first kappa shape index (κ1) is 12.6. The Morgan fingerprint density at radius 1 is 1.31 bits per heavy atom. The third kappa shape index (κ3) is 3.95. The Morgan fingerprint density at radius 2 is 2.06 bits per heavy atom. The molecule has 0 N–H and O–H groups in total. The van der Waals surface area contributed by atoms with E-state index in [0.717, 1.165) is 5.56 Å². The lowest BCUT2D eigenvalue weighted by Gasteiger charge is -2.01. The molecule has 16 heavy (non-hydrogen) atoms. The molecule has 0 atom stereocenters. The predicted octanol–water partition coefficient (Wildman–Crippen LogP) is 2.17. The van der Waals surface area contributed by atoms with E-state index < -0.39 is 0 Å². The van der Waals surface area contributed by atoms with Crippen LogP contribution in [0.3, 0.4) is 0 Å². The summed E-state index contributed by atoms with van der Waals surface area (Å²) in [6.07, 6.45) is 0.265. The van der Waals surface area contributed by atoms with Crippen LogP contribution in [0.15, 0.2) is 24.3 Å². The zero-order valence-corrected chi connectivity index (χ0v) is 9.66. The number of aryl methyl sites for hydroxylation is 1. The van der Waals surface area contributed by atoms with Crippen molar-refractivity contribution >= 4 is 11.6 Å². The van der Waals surface area contributed by atoms with Crippen molar-refractivity contribution in [1.82, 2.24) is 0 Å². The molecule has 0 heterocycles. The van der Waals surface area contributed by atoms with Gasteiger partial charge < -0.3 is 4.74 Å². The monoisotopic (exact) mass is 220 g/mol. The topological polar surface area (TPSA) is 43.4 Å². The number of ether oxygens (including phenoxy) is 1. The van der Waals surface area contributed by atoms with Gasteiger partial charge in [-0.25, -0.2) is 0 Å². The van der Waals surface area contributed by atoms with E-state index in [2.05, 4.69) is 0 Å². The number of benzene rings is 1.